The highest BCUT2D eigenvalue weighted by atomic mass is 16.3. The minimum Gasteiger partial charge on any atom is -0.508 e. The molecular formula is C19H12O4. The first-order valence-electron chi connectivity index (χ1n) is 7.09. The van der Waals surface area contributed by atoms with Gasteiger partial charge in [0.1, 0.15) is 23.3 Å². The van der Waals surface area contributed by atoms with Crippen molar-refractivity contribution in [1.29, 1.82) is 0 Å². The van der Waals surface area contributed by atoms with Crippen LogP contribution >= 0.6 is 0 Å². The van der Waals surface area contributed by atoms with Gasteiger partial charge in [0.05, 0.1) is 10.9 Å². The molecule has 0 fully saturated rings. The summed E-state index contributed by atoms with van der Waals surface area (Å²) < 4.78 is 5.49. The lowest BCUT2D eigenvalue weighted by Crippen LogP contribution is -2.04. The van der Waals surface area contributed by atoms with E-state index in [1.54, 1.807) is 24.3 Å². The van der Waals surface area contributed by atoms with Crippen molar-refractivity contribution in [2.45, 2.75) is 0 Å². The second-order valence-corrected chi connectivity index (χ2v) is 5.41. The van der Waals surface area contributed by atoms with E-state index in [4.69, 9.17) is 4.42 Å². The molecule has 0 saturated carbocycles. The Morgan fingerprint density at radius 3 is 2.35 bits per heavy atom. The summed E-state index contributed by atoms with van der Waals surface area (Å²) in [5, 5.41) is 21.2. The molecule has 3 aromatic carbocycles. The molecule has 4 aromatic rings. The van der Waals surface area contributed by atoms with Crippen LogP contribution in [-0.2, 0) is 0 Å². The van der Waals surface area contributed by atoms with E-state index in [0.29, 0.717) is 16.5 Å². The summed E-state index contributed by atoms with van der Waals surface area (Å²) >= 11 is 0. The molecule has 4 heteroatoms. The molecule has 0 radical (unpaired) electrons. The van der Waals surface area contributed by atoms with Gasteiger partial charge in [-0.1, -0.05) is 18.2 Å². The quantitative estimate of drug-likeness (QED) is 0.557. The molecule has 112 valence electrons. The van der Waals surface area contributed by atoms with Crippen molar-refractivity contribution >= 4 is 21.7 Å². The fourth-order valence-corrected chi connectivity index (χ4v) is 2.72. The molecule has 1 heterocycles. The minimum atomic E-state index is -0.149. The number of rotatable bonds is 1. The number of aromatic hydroxyl groups is 2. The largest absolute Gasteiger partial charge is 0.508 e. The van der Waals surface area contributed by atoms with Crippen molar-refractivity contribution < 1.29 is 14.6 Å². The lowest BCUT2D eigenvalue weighted by Gasteiger charge is -2.05. The maximum Gasteiger partial charge on any atom is 0.200 e. The molecule has 2 N–H and O–H groups in total. The average Bonchev–Trinajstić information content (AvgIpc) is 2.54. The molecule has 0 atom stereocenters. The molecule has 23 heavy (non-hydrogen) atoms. The number of benzene rings is 3. The monoisotopic (exact) mass is 304 g/mol. The summed E-state index contributed by atoms with van der Waals surface area (Å²) in [7, 11) is 0. The Kier molecular flexibility index (Phi) is 2.84. The van der Waals surface area contributed by atoms with Crippen LogP contribution < -0.4 is 5.43 Å². The van der Waals surface area contributed by atoms with Gasteiger partial charge in [0.15, 0.2) is 5.43 Å². The van der Waals surface area contributed by atoms with Crippen LogP contribution in [0.4, 0.5) is 0 Å². The molecule has 1 aromatic heterocycles. The third-order valence-corrected chi connectivity index (χ3v) is 3.89. The summed E-state index contributed by atoms with van der Waals surface area (Å²) in [5.74, 6) is 0.259. The number of fused-ring (bicyclic) bond motifs is 2. The summed E-state index contributed by atoms with van der Waals surface area (Å²) in [6.07, 6.45) is 1.41. The summed E-state index contributed by atoms with van der Waals surface area (Å²) in [6.45, 7) is 0. The molecule has 0 aliphatic carbocycles. The van der Waals surface area contributed by atoms with Crippen LogP contribution in [0.3, 0.4) is 0 Å². The van der Waals surface area contributed by atoms with Gasteiger partial charge in [-0.05, 0) is 46.7 Å². The average molecular weight is 304 g/mol. The Hall–Kier alpha value is -3.27. The van der Waals surface area contributed by atoms with E-state index in [0.717, 1.165) is 16.3 Å². The summed E-state index contributed by atoms with van der Waals surface area (Å²) in [6, 6.07) is 15.1. The van der Waals surface area contributed by atoms with Gasteiger partial charge in [-0.15, -0.1) is 0 Å². The Morgan fingerprint density at radius 2 is 1.48 bits per heavy atom. The van der Waals surface area contributed by atoms with E-state index in [1.807, 2.05) is 18.2 Å². The van der Waals surface area contributed by atoms with Crippen LogP contribution in [0.25, 0.3) is 32.9 Å². The molecule has 0 aliphatic heterocycles. The van der Waals surface area contributed by atoms with Crippen LogP contribution in [0, 0.1) is 0 Å². The van der Waals surface area contributed by atoms with Crippen molar-refractivity contribution in [2.24, 2.45) is 0 Å². The first-order valence-corrected chi connectivity index (χ1v) is 7.09. The Labute approximate surface area is 130 Å². The lowest BCUT2D eigenvalue weighted by molar-refractivity contribution is 0.474. The van der Waals surface area contributed by atoms with Crippen molar-refractivity contribution in [2.75, 3.05) is 0 Å². The zero-order valence-corrected chi connectivity index (χ0v) is 12.0. The number of phenols is 2. The van der Waals surface area contributed by atoms with E-state index in [1.165, 1.54) is 18.4 Å². The minimum absolute atomic E-state index is 0.0545. The third-order valence-electron chi connectivity index (χ3n) is 3.89. The van der Waals surface area contributed by atoms with Gasteiger partial charge in [-0.2, -0.15) is 0 Å². The SMILES string of the molecule is O=c1c(-c2ccc3cc(O)ccc3c2)coc2cc(O)ccc12. The van der Waals surface area contributed by atoms with Gasteiger partial charge in [0, 0.05) is 6.07 Å². The Balaban J connectivity index is 1.95. The van der Waals surface area contributed by atoms with Crippen molar-refractivity contribution in [3.05, 3.63) is 71.1 Å². The first-order chi connectivity index (χ1) is 11.1. The van der Waals surface area contributed by atoms with Gasteiger partial charge in [0.25, 0.3) is 0 Å². The van der Waals surface area contributed by atoms with Gasteiger partial charge >= 0.3 is 0 Å². The Morgan fingerprint density at radius 1 is 0.783 bits per heavy atom. The zero-order valence-electron chi connectivity index (χ0n) is 12.0. The second-order valence-electron chi connectivity index (χ2n) is 5.41. The summed E-state index contributed by atoms with van der Waals surface area (Å²) in [5.41, 5.74) is 1.40. The van der Waals surface area contributed by atoms with E-state index >= 15 is 0 Å². The number of hydrogen-bond donors (Lipinski definition) is 2. The Bertz CT molecular complexity index is 1110. The van der Waals surface area contributed by atoms with E-state index in [-0.39, 0.29) is 16.9 Å². The van der Waals surface area contributed by atoms with Gasteiger partial charge < -0.3 is 14.6 Å². The third kappa shape index (κ3) is 2.21. The molecular weight excluding hydrogens is 292 g/mol. The molecule has 4 rings (SSSR count). The molecule has 0 unspecified atom stereocenters. The highest BCUT2D eigenvalue weighted by molar-refractivity contribution is 5.89. The predicted octanol–water partition coefficient (Wildman–Crippen LogP) is 4.02. The van der Waals surface area contributed by atoms with Crippen molar-refractivity contribution in [3.8, 4) is 22.6 Å². The standard InChI is InChI=1S/C19H12O4/c20-14-4-3-11-7-13(2-1-12(11)8-14)17-10-23-18-9-15(21)5-6-16(18)19(17)22/h1-10,20-21H. The van der Waals surface area contributed by atoms with Gasteiger partial charge in [-0.3, -0.25) is 4.79 Å². The highest BCUT2D eigenvalue weighted by Crippen LogP contribution is 2.27. The fraction of sp³-hybridized carbons (Fsp3) is 0. The van der Waals surface area contributed by atoms with Crippen molar-refractivity contribution in [1.82, 2.24) is 0 Å². The normalized spacial score (nSPS) is 11.1. The molecule has 0 bridgehead atoms. The number of phenolic OH excluding ortho intramolecular Hbond substituents is 2. The highest BCUT2D eigenvalue weighted by Gasteiger charge is 2.10. The molecule has 0 aliphatic rings. The molecule has 4 nitrogen and oxygen atoms in total. The lowest BCUT2D eigenvalue weighted by atomic mass is 10.0. The maximum atomic E-state index is 12.6. The molecule has 0 spiro atoms. The predicted molar refractivity (Wildman–Crippen MR) is 88.8 cm³/mol. The second kappa shape index (κ2) is 4.88. The van der Waals surface area contributed by atoms with Crippen LogP contribution in [0.5, 0.6) is 11.5 Å². The van der Waals surface area contributed by atoms with E-state index in [2.05, 4.69) is 0 Å². The van der Waals surface area contributed by atoms with Crippen LogP contribution in [0.1, 0.15) is 0 Å². The first kappa shape index (κ1) is 13.4. The van der Waals surface area contributed by atoms with Gasteiger partial charge in [0.2, 0.25) is 0 Å². The van der Waals surface area contributed by atoms with Gasteiger partial charge in [-0.25, -0.2) is 0 Å². The van der Waals surface area contributed by atoms with Crippen LogP contribution in [-0.4, -0.2) is 10.2 Å². The molecule has 0 saturated heterocycles. The molecule has 0 amide bonds. The van der Waals surface area contributed by atoms with E-state index in [9.17, 15) is 15.0 Å². The van der Waals surface area contributed by atoms with Crippen LogP contribution in [0.15, 0.2) is 70.1 Å². The zero-order chi connectivity index (χ0) is 16.0. The van der Waals surface area contributed by atoms with Crippen LogP contribution in [0.2, 0.25) is 0 Å². The van der Waals surface area contributed by atoms with Crippen molar-refractivity contribution in [3.63, 3.8) is 0 Å². The summed E-state index contributed by atoms with van der Waals surface area (Å²) in [4.78, 5) is 12.6. The van der Waals surface area contributed by atoms with E-state index < -0.39 is 0 Å². The number of hydrogen-bond acceptors (Lipinski definition) is 4. The smallest absolute Gasteiger partial charge is 0.200 e. The fourth-order valence-electron chi connectivity index (χ4n) is 2.72. The maximum absolute atomic E-state index is 12.6. The topological polar surface area (TPSA) is 70.7 Å².